The van der Waals surface area contributed by atoms with Crippen LogP contribution in [0.5, 0.6) is 0 Å². The van der Waals surface area contributed by atoms with Crippen LogP contribution < -0.4 is 5.32 Å². The van der Waals surface area contributed by atoms with E-state index in [1.165, 1.54) is 4.90 Å². The maximum atomic E-state index is 12.4. The first-order valence-electron chi connectivity index (χ1n) is 8.12. The van der Waals surface area contributed by atoms with Gasteiger partial charge in [0.25, 0.3) is 11.8 Å². The van der Waals surface area contributed by atoms with Gasteiger partial charge in [-0.3, -0.25) is 19.3 Å². The molecule has 2 aromatic rings. The van der Waals surface area contributed by atoms with Crippen molar-refractivity contribution < 1.29 is 14.4 Å². The lowest BCUT2D eigenvalue weighted by Gasteiger charge is -2.13. The predicted octanol–water partition coefficient (Wildman–Crippen LogP) is 3.90. The summed E-state index contributed by atoms with van der Waals surface area (Å²) in [6.07, 6.45) is 0.683. The second-order valence-electron chi connectivity index (χ2n) is 5.96. The van der Waals surface area contributed by atoms with E-state index in [4.69, 9.17) is 0 Å². The molecule has 1 aliphatic heterocycles. The van der Waals surface area contributed by atoms with Gasteiger partial charge < -0.3 is 5.32 Å². The van der Waals surface area contributed by atoms with Crippen molar-refractivity contribution in [2.24, 2.45) is 0 Å². The quantitative estimate of drug-likeness (QED) is 0.639. The maximum Gasteiger partial charge on any atom is 0.261 e. The number of carbonyl (C=O) groups is 3. The molecule has 0 atom stereocenters. The minimum absolute atomic E-state index is 0.107. The zero-order valence-electron chi connectivity index (χ0n) is 13.8. The Balaban J connectivity index is 1.48. The van der Waals surface area contributed by atoms with Crippen molar-refractivity contribution in [1.29, 1.82) is 0 Å². The molecular formula is C19H16Br2N2O3. The lowest BCUT2D eigenvalue weighted by Crippen LogP contribution is -2.32. The SMILES string of the molecule is O=C(CCCN1C(=O)c2ccc(Br)cc2C1=O)NCc1cccc(Br)c1. The lowest BCUT2D eigenvalue weighted by molar-refractivity contribution is -0.121. The van der Waals surface area contributed by atoms with E-state index in [1.807, 2.05) is 24.3 Å². The topological polar surface area (TPSA) is 66.5 Å². The van der Waals surface area contributed by atoms with Gasteiger partial charge in [0.05, 0.1) is 11.1 Å². The molecule has 1 N–H and O–H groups in total. The van der Waals surface area contributed by atoms with E-state index in [2.05, 4.69) is 37.2 Å². The number of fused-ring (bicyclic) bond motifs is 1. The zero-order chi connectivity index (χ0) is 18.7. The van der Waals surface area contributed by atoms with Gasteiger partial charge in [0.1, 0.15) is 0 Å². The van der Waals surface area contributed by atoms with E-state index in [1.54, 1.807) is 18.2 Å². The molecule has 0 saturated carbocycles. The Morgan fingerprint density at radius 1 is 0.962 bits per heavy atom. The third-order valence-corrected chi connectivity index (χ3v) is 5.08. The molecule has 0 saturated heterocycles. The van der Waals surface area contributed by atoms with E-state index < -0.39 is 0 Å². The Morgan fingerprint density at radius 2 is 1.69 bits per heavy atom. The van der Waals surface area contributed by atoms with Crippen LogP contribution >= 0.6 is 31.9 Å². The molecule has 0 unspecified atom stereocenters. The van der Waals surface area contributed by atoms with Gasteiger partial charge in [-0.05, 0) is 42.3 Å². The van der Waals surface area contributed by atoms with Crippen molar-refractivity contribution >= 4 is 49.6 Å². The molecule has 1 heterocycles. The number of rotatable bonds is 6. The molecule has 0 spiro atoms. The number of amides is 3. The summed E-state index contributed by atoms with van der Waals surface area (Å²) in [7, 11) is 0. The van der Waals surface area contributed by atoms with Crippen molar-refractivity contribution in [2.75, 3.05) is 6.54 Å². The van der Waals surface area contributed by atoms with Crippen LogP contribution in [0.4, 0.5) is 0 Å². The van der Waals surface area contributed by atoms with Gasteiger partial charge >= 0.3 is 0 Å². The highest BCUT2D eigenvalue weighted by atomic mass is 79.9. The van der Waals surface area contributed by atoms with Gasteiger partial charge in [-0.15, -0.1) is 0 Å². The number of nitrogens with zero attached hydrogens (tertiary/aromatic N) is 1. The molecule has 134 valence electrons. The first-order valence-corrected chi connectivity index (χ1v) is 9.71. The van der Waals surface area contributed by atoms with Gasteiger partial charge in [0.2, 0.25) is 5.91 Å². The predicted molar refractivity (Wildman–Crippen MR) is 105 cm³/mol. The molecular weight excluding hydrogens is 464 g/mol. The van der Waals surface area contributed by atoms with Crippen LogP contribution in [0.25, 0.3) is 0 Å². The van der Waals surface area contributed by atoms with Crippen LogP contribution in [0.3, 0.4) is 0 Å². The van der Waals surface area contributed by atoms with Gasteiger partial charge in [0, 0.05) is 28.5 Å². The van der Waals surface area contributed by atoms with Gasteiger partial charge in [-0.1, -0.05) is 44.0 Å². The molecule has 0 radical (unpaired) electrons. The molecule has 0 fully saturated rings. The zero-order valence-corrected chi connectivity index (χ0v) is 17.0. The highest BCUT2D eigenvalue weighted by Gasteiger charge is 2.35. The average Bonchev–Trinajstić information content (AvgIpc) is 2.84. The van der Waals surface area contributed by atoms with E-state index in [0.29, 0.717) is 24.1 Å². The van der Waals surface area contributed by atoms with Crippen LogP contribution in [-0.4, -0.2) is 29.2 Å². The fourth-order valence-corrected chi connectivity index (χ4v) is 3.61. The van der Waals surface area contributed by atoms with Crippen LogP contribution in [0, 0.1) is 0 Å². The monoisotopic (exact) mass is 478 g/mol. The number of nitrogens with one attached hydrogen (secondary N) is 1. The number of carbonyl (C=O) groups excluding carboxylic acids is 3. The van der Waals surface area contributed by atoms with Crippen molar-refractivity contribution in [2.45, 2.75) is 19.4 Å². The average molecular weight is 480 g/mol. The second kappa shape index (κ2) is 8.14. The van der Waals surface area contributed by atoms with Crippen molar-refractivity contribution in [1.82, 2.24) is 10.2 Å². The summed E-state index contributed by atoms with van der Waals surface area (Å²) in [5.74, 6) is -0.711. The van der Waals surface area contributed by atoms with Crippen LogP contribution in [-0.2, 0) is 11.3 Å². The minimum Gasteiger partial charge on any atom is -0.352 e. The van der Waals surface area contributed by atoms with E-state index >= 15 is 0 Å². The Hall–Kier alpha value is -1.99. The number of halogens is 2. The first kappa shape index (κ1) is 18.8. The van der Waals surface area contributed by atoms with E-state index in [0.717, 1.165) is 14.5 Å². The normalized spacial score (nSPS) is 13.1. The molecule has 3 amide bonds. The summed E-state index contributed by atoms with van der Waals surface area (Å²) in [4.78, 5) is 37.9. The minimum atomic E-state index is -0.305. The molecule has 0 aliphatic carbocycles. The van der Waals surface area contributed by atoms with Crippen molar-refractivity contribution in [3.8, 4) is 0 Å². The molecule has 1 aliphatic rings. The summed E-state index contributed by atoms with van der Waals surface area (Å²) < 4.78 is 1.72. The molecule has 5 nitrogen and oxygen atoms in total. The fraction of sp³-hybridized carbons (Fsp3) is 0.211. The third-order valence-electron chi connectivity index (χ3n) is 4.10. The lowest BCUT2D eigenvalue weighted by atomic mass is 10.1. The number of hydrogen-bond donors (Lipinski definition) is 1. The van der Waals surface area contributed by atoms with Gasteiger partial charge in [0.15, 0.2) is 0 Å². The highest BCUT2D eigenvalue weighted by Crippen LogP contribution is 2.26. The Labute approximate surface area is 168 Å². The summed E-state index contributed by atoms with van der Waals surface area (Å²) in [5.41, 5.74) is 1.82. The van der Waals surface area contributed by atoms with Crippen LogP contribution in [0.1, 0.15) is 39.1 Å². The summed E-state index contributed by atoms with van der Waals surface area (Å²) in [6, 6.07) is 12.7. The summed E-state index contributed by atoms with van der Waals surface area (Å²) in [6.45, 7) is 0.674. The Kier molecular flexibility index (Phi) is 5.88. The number of benzene rings is 2. The molecule has 3 rings (SSSR count). The van der Waals surface area contributed by atoms with Gasteiger partial charge in [-0.2, -0.15) is 0 Å². The fourth-order valence-electron chi connectivity index (χ4n) is 2.80. The third kappa shape index (κ3) is 4.22. The summed E-state index contributed by atoms with van der Waals surface area (Å²) in [5, 5.41) is 2.84. The largest absolute Gasteiger partial charge is 0.352 e. The number of imide groups is 1. The van der Waals surface area contributed by atoms with Crippen LogP contribution in [0.15, 0.2) is 51.4 Å². The first-order chi connectivity index (χ1) is 12.5. The molecule has 0 aromatic heterocycles. The molecule has 7 heteroatoms. The van der Waals surface area contributed by atoms with Crippen LogP contribution in [0.2, 0.25) is 0 Å². The van der Waals surface area contributed by atoms with Gasteiger partial charge in [-0.25, -0.2) is 0 Å². The number of hydrogen-bond acceptors (Lipinski definition) is 3. The summed E-state index contributed by atoms with van der Waals surface area (Å²) >= 11 is 6.70. The highest BCUT2D eigenvalue weighted by molar-refractivity contribution is 9.10. The van der Waals surface area contributed by atoms with Crippen molar-refractivity contribution in [3.05, 3.63) is 68.1 Å². The standard InChI is InChI=1S/C19H16Br2N2O3/c20-13-4-1-3-12(9-13)11-22-17(24)5-2-8-23-18(25)15-7-6-14(21)10-16(15)19(23)26/h1,3-4,6-7,9-10H,2,5,8,11H2,(H,22,24). The maximum absolute atomic E-state index is 12.4. The second-order valence-corrected chi connectivity index (χ2v) is 7.79. The molecule has 26 heavy (non-hydrogen) atoms. The molecule has 2 aromatic carbocycles. The van der Waals surface area contributed by atoms with E-state index in [-0.39, 0.29) is 30.7 Å². The Morgan fingerprint density at radius 3 is 2.46 bits per heavy atom. The molecule has 0 bridgehead atoms. The van der Waals surface area contributed by atoms with Crippen molar-refractivity contribution in [3.63, 3.8) is 0 Å². The van der Waals surface area contributed by atoms with E-state index in [9.17, 15) is 14.4 Å². The Bertz CT molecular complexity index is 883. The smallest absolute Gasteiger partial charge is 0.261 e.